The van der Waals surface area contributed by atoms with Gasteiger partial charge in [0, 0.05) is 45.1 Å². The van der Waals surface area contributed by atoms with E-state index in [1.54, 1.807) is 4.90 Å². The van der Waals surface area contributed by atoms with E-state index in [1.165, 1.54) is 12.8 Å². The van der Waals surface area contributed by atoms with Crippen molar-refractivity contribution in [3.63, 3.8) is 0 Å². The maximum atomic E-state index is 13.0. The van der Waals surface area contributed by atoms with Crippen molar-refractivity contribution in [3.05, 3.63) is 30.1 Å². The van der Waals surface area contributed by atoms with Gasteiger partial charge >= 0.3 is 12.3 Å². The number of ether oxygens (including phenoxy) is 1. The highest BCUT2D eigenvalue weighted by Gasteiger charge is 2.39. The van der Waals surface area contributed by atoms with E-state index < -0.39 is 11.7 Å². The lowest BCUT2D eigenvalue weighted by Crippen LogP contribution is -2.59. The molecule has 192 valence electrons. The number of alkyl halides is 3. The molecule has 3 fully saturated rings. The molecule has 5 atom stereocenters. The summed E-state index contributed by atoms with van der Waals surface area (Å²) in [4.78, 5) is 27.0. The highest BCUT2D eigenvalue weighted by molar-refractivity contribution is 5.69. The second-order valence-corrected chi connectivity index (χ2v) is 10.7. The second-order valence-electron chi connectivity index (χ2n) is 10.7. The number of carbonyl (C=O) groups is 1. The van der Waals surface area contributed by atoms with Crippen LogP contribution in [0, 0.1) is 17.8 Å². The largest absolute Gasteiger partial charge is 0.446 e. The molecule has 10 heteroatoms. The van der Waals surface area contributed by atoms with E-state index in [9.17, 15) is 18.0 Å². The number of amides is 1. The van der Waals surface area contributed by atoms with Gasteiger partial charge in [0.2, 0.25) is 5.95 Å². The average Bonchev–Trinajstić information content (AvgIpc) is 3.43. The number of fused-ring (bicyclic) bond motifs is 2. The van der Waals surface area contributed by atoms with Crippen LogP contribution in [0.4, 0.5) is 23.9 Å². The lowest BCUT2D eigenvalue weighted by atomic mass is 9.92. The number of hydrogen-bond acceptors (Lipinski definition) is 6. The standard InChI is InChI=1S/C25H34F3N5O2/c1-16-13-32(23-29-11-21(12-30-23)25(26,27)28)14-17(2)33(16)24(34)35-22-5-7-31(8-6-22)15-20-10-18-3-4-19(20)9-18/h3-4,11-12,16-20,22H,5-10,13-15H2,1-2H3/t16-,17+,18?,19?,20?. The molecule has 2 saturated heterocycles. The van der Waals surface area contributed by atoms with E-state index >= 15 is 0 Å². The maximum absolute atomic E-state index is 13.0. The summed E-state index contributed by atoms with van der Waals surface area (Å²) in [6.07, 6.45) is 5.88. The summed E-state index contributed by atoms with van der Waals surface area (Å²) in [6.45, 7) is 7.76. The molecule has 1 amide bonds. The van der Waals surface area contributed by atoms with Gasteiger partial charge in [0.1, 0.15) is 6.10 Å². The number of carbonyl (C=O) groups excluding carboxylic acids is 1. The Labute approximate surface area is 204 Å². The van der Waals surface area contributed by atoms with Crippen molar-refractivity contribution < 1.29 is 22.7 Å². The summed E-state index contributed by atoms with van der Waals surface area (Å²) in [5, 5.41) is 0. The molecule has 35 heavy (non-hydrogen) atoms. The first-order valence-corrected chi connectivity index (χ1v) is 12.7. The van der Waals surface area contributed by atoms with Crippen LogP contribution in [0.25, 0.3) is 0 Å². The van der Waals surface area contributed by atoms with E-state index in [2.05, 4.69) is 27.0 Å². The zero-order valence-electron chi connectivity index (χ0n) is 20.3. The highest BCUT2D eigenvalue weighted by atomic mass is 19.4. The SMILES string of the molecule is C[C@@H]1CN(c2ncc(C(F)(F)F)cn2)C[C@H](C)N1C(=O)OC1CCN(CC2CC3C=CC2C3)CC1. The minimum atomic E-state index is -4.47. The molecule has 0 radical (unpaired) electrons. The zero-order chi connectivity index (χ0) is 24.7. The Hall–Kier alpha value is -2.36. The van der Waals surface area contributed by atoms with E-state index in [1.807, 2.05) is 18.7 Å². The minimum Gasteiger partial charge on any atom is -0.446 e. The zero-order valence-corrected chi connectivity index (χ0v) is 20.3. The van der Waals surface area contributed by atoms with Gasteiger partial charge in [0.05, 0.1) is 17.6 Å². The Kier molecular flexibility index (Phi) is 6.67. The molecule has 2 aliphatic carbocycles. The van der Waals surface area contributed by atoms with Crippen LogP contribution in [-0.4, -0.2) is 76.8 Å². The molecule has 3 unspecified atom stereocenters. The fraction of sp³-hybridized carbons (Fsp3) is 0.720. The lowest BCUT2D eigenvalue weighted by molar-refractivity contribution is -0.138. The van der Waals surface area contributed by atoms with E-state index in [0.29, 0.717) is 13.1 Å². The lowest BCUT2D eigenvalue weighted by Gasteiger charge is -2.44. The van der Waals surface area contributed by atoms with Crippen molar-refractivity contribution in [2.24, 2.45) is 17.8 Å². The molecule has 0 aromatic carbocycles. The van der Waals surface area contributed by atoms with Gasteiger partial charge < -0.3 is 14.5 Å². The molecule has 0 spiro atoms. The molecule has 3 heterocycles. The Morgan fingerprint density at radius 2 is 1.71 bits per heavy atom. The Morgan fingerprint density at radius 1 is 1.06 bits per heavy atom. The fourth-order valence-corrected chi connectivity index (χ4v) is 6.33. The van der Waals surface area contributed by atoms with Crippen LogP contribution >= 0.6 is 0 Å². The average molecular weight is 494 g/mol. The minimum absolute atomic E-state index is 0.0747. The Bertz CT molecular complexity index is 920. The van der Waals surface area contributed by atoms with Gasteiger partial charge in [-0.25, -0.2) is 14.8 Å². The van der Waals surface area contributed by atoms with Gasteiger partial charge in [-0.2, -0.15) is 13.2 Å². The van der Waals surface area contributed by atoms with Crippen molar-refractivity contribution in [3.8, 4) is 0 Å². The summed E-state index contributed by atoms with van der Waals surface area (Å²) in [5.74, 6) is 2.56. The number of piperidine rings is 1. The van der Waals surface area contributed by atoms with Gasteiger partial charge in [0.25, 0.3) is 0 Å². The highest BCUT2D eigenvalue weighted by Crippen LogP contribution is 2.43. The third-order valence-corrected chi connectivity index (χ3v) is 8.09. The van der Waals surface area contributed by atoms with Gasteiger partial charge in [-0.3, -0.25) is 4.90 Å². The van der Waals surface area contributed by atoms with Crippen LogP contribution in [0.15, 0.2) is 24.5 Å². The number of piperazine rings is 1. The molecule has 2 bridgehead atoms. The number of likely N-dealkylation sites (tertiary alicyclic amines) is 1. The number of aromatic nitrogens is 2. The predicted octanol–water partition coefficient (Wildman–Crippen LogP) is 4.21. The monoisotopic (exact) mass is 493 g/mol. The van der Waals surface area contributed by atoms with Crippen LogP contribution < -0.4 is 4.90 Å². The fourth-order valence-electron chi connectivity index (χ4n) is 6.33. The summed E-state index contributed by atoms with van der Waals surface area (Å²) >= 11 is 0. The van der Waals surface area contributed by atoms with E-state index in [4.69, 9.17) is 4.74 Å². The molecule has 5 rings (SSSR count). The second kappa shape index (κ2) is 9.59. The number of halogens is 3. The van der Waals surface area contributed by atoms with Crippen LogP contribution in [0.5, 0.6) is 0 Å². The first kappa shape index (κ1) is 24.3. The van der Waals surface area contributed by atoms with Gasteiger partial charge in [0.15, 0.2) is 0 Å². The molecule has 4 aliphatic rings. The quantitative estimate of drug-likeness (QED) is 0.586. The van der Waals surface area contributed by atoms with Crippen molar-refractivity contribution in [1.29, 1.82) is 0 Å². The van der Waals surface area contributed by atoms with Crippen LogP contribution in [0.3, 0.4) is 0 Å². The Morgan fingerprint density at radius 3 is 2.26 bits per heavy atom. The molecule has 0 N–H and O–H groups in total. The Balaban J connectivity index is 1.10. The maximum Gasteiger partial charge on any atom is 0.419 e. The smallest absolute Gasteiger partial charge is 0.419 e. The third-order valence-electron chi connectivity index (χ3n) is 8.09. The van der Waals surface area contributed by atoms with E-state index in [0.717, 1.165) is 62.6 Å². The summed E-state index contributed by atoms with van der Waals surface area (Å²) in [5.41, 5.74) is -0.872. The van der Waals surface area contributed by atoms with Gasteiger partial charge in [-0.1, -0.05) is 12.2 Å². The van der Waals surface area contributed by atoms with Crippen LogP contribution in [-0.2, 0) is 10.9 Å². The van der Waals surface area contributed by atoms with Crippen molar-refractivity contribution in [2.45, 2.75) is 63.9 Å². The normalized spacial score (nSPS) is 31.9. The van der Waals surface area contributed by atoms with Crippen LogP contribution in [0.1, 0.15) is 45.1 Å². The topological polar surface area (TPSA) is 61.8 Å². The molecule has 1 aromatic rings. The summed E-state index contributed by atoms with van der Waals surface area (Å²) < 4.78 is 44.3. The number of anilines is 1. The molecule has 2 aliphatic heterocycles. The van der Waals surface area contributed by atoms with Crippen molar-refractivity contribution >= 4 is 12.0 Å². The molecule has 7 nitrogen and oxygen atoms in total. The van der Waals surface area contributed by atoms with Gasteiger partial charge in [-0.15, -0.1) is 0 Å². The molecular formula is C25H34F3N5O2. The first-order valence-electron chi connectivity index (χ1n) is 12.7. The number of hydrogen-bond donors (Lipinski definition) is 0. The number of allylic oxidation sites excluding steroid dienone is 2. The molecule has 1 aromatic heterocycles. The number of rotatable bonds is 4. The first-order chi connectivity index (χ1) is 16.7. The van der Waals surface area contributed by atoms with Crippen molar-refractivity contribution in [2.75, 3.05) is 37.6 Å². The molecule has 1 saturated carbocycles. The predicted molar refractivity (Wildman–Crippen MR) is 125 cm³/mol. The van der Waals surface area contributed by atoms with Crippen molar-refractivity contribution in [1.82, 2.24) is 19.8 Å². The number of nitrogens with zero attached hydrogens (tertiary/aromatic N) is 5. The third kappa shape index (κ3) is 5.27. The van der Waals surface area contributed by atoms with Crippen LogP contribution in [0.2, 0.25) is 0 Å². The summed E-state index contributed by atoms with van der Waals surface area (Å²) in [6, 6.07) is -0.355. The molecular weight excluding hydrogens is 459 g/mol. The summed E-state index contributed by atoms with van der Waals surface area (Å²) in [7, 11) is 0. The van der Waals surface area contributed by atoms with E-state index in [-0.39, 0.29) is 30.2 Å². The van der Waals surface area contributed by atoms with Gasteiger partial charge in [-0.05, 0) is 57.3 Å².